The molecular formula is C18H16N2O4. The van der Waals surface area contributed by atoms with Crippen LogP contribution in [0.25, 0.3) is 17.0 Å². The van der Waals surface area contributed by atoms with E-state index in [9.17, 15) is 14.7 Å². The van der Waals surface area contributed by atoms with E-state index >= 15 is 0 Å². The molecule has 1 amide bonds. The zero-order valence-electron chi connectivity index (χ0n) is 12.7. The van der Waals surface area contributed by atoms with Crippen molar-refractivity contribution in [1.29, 1.82) is 0 Å². The summed E-state index contributed by atoms with van der Waals surface area (Å²) in [6.45, 7) is 0. The molecule has 3 aromatic rings. The highest BCUT2D eigenvalue weighted by Gasteiger charge is 2.21. The second-order valence-corrected chi connectivity index (χ2v) is 5.31. The Balaban J connectivity index is 1.71. The lowest BCUT2D eigenvalue weighted by Gasteiger charge is -2.12. The monoisotopic (exact) mass is 324 g/mol. The summed E-state index contributed by atoms with van der Waals surface area (Å²) >= 11 is 0. The van der Waals surface area contributed by atoms with Gasteiger partial charge in [0, 0.05) is 29.6 Å². The van der Waals surface area contributed by atoms with E-state index in [1.54, 1.807) is 18.3 Å². The van der Waals surface area contributed by atoms with E-state index in [1.807, 2.05) is 24.3 Å². The van der Waals surface area contributed by atoms with E-state index in [4.69, 9.17) is 4.42 Å². The fourth-order valence-electron chi connectivity index (χ4n) is 2.48. The number of aromatic amines is 1. The van der Waals surface area contributed by atoms with Crippen LogP contribution in [0, 0.1) is 0 Å². The molecule has 0 aliphatic heterocycles. The van der Waals surface area contributed by atoms with E-state index < -0.39 is 17.9 Å². The quantitative estimate of drug-likeness (QED) is 0.607. The second kappa shape index (κ2) is 6.87. The van der Waals surface area contributed by atoms with Crippen molar-refractivity contribution in [2.75, 3.05) is 0 Å². The third-order valence-corrected chi connectivity index (χ3v) is 3.66. The van der Waals surface area contributed by atoms with Gasteiger partial charge in [-0.15, -0.1) is 0 Å². The summed E-state index contributed by atoms with van der Waals surface area (Å²) in [5.74, 6) is -1.05. The largest absolute Gasteiger partial charge is 0.480 e. The maximum absolute atomic E-state index is 11.9. The number of H-pyrrole nitrogens is 1. The molecule has 1 atom stereocenters. The SMILES string of the molecule is O=C(C=Cc1ccco1)N[C@@H](Cc1c[nH]c2ccccc12)C(=O)O. The molecule has 0 bridgehead atoms. The highest BCUT2D eigenvalue weighted by molar-refractivity contribution is 5.94. The summed E-state index contributed by atoms with van der Waals surface area (Å²) in [6.07, 6.45) is 6.20. The van der Waals surface area contributed by atoms with Gasteiger partial charge in [0.25, 0.3) is 0 Å². The standard InChI is InChI=1S/C18H16N2O4/c21-17(8-7-13-4-3-9-24-13)20-16(18(22)23)10-12-11-19-15-6-2-1-5-14(12)15/h1-9,11,16,19H,10H2,(H,20,21)(H,22,23)/t16-/m0/s1. The molecule has 24 heavy (non-hydrogen) atoms. The number of aliphatic carboxylic acids is 1. The van der Waals surface area contributed by atoms with Crippen molar-refractivity contribution in [3.8, 4) is 0 Å². The molecule has 0 fully saturated rings. The number of fused-ring (bicyclic) bond motifs is 1. The molecule has 0 aliphatic rings. The van der Waals surface area contributed by atoms with Gasteiger partial charge >= 0.3 is 5.97 Å². The molecule has 6 nitrogen and oxygen atoms in total. The average molecular weight is 324 g/mol. The molecule has 0 radical (unpaired) electrons. The minimum atomic E-state index is -1.08. The van der Waals surface area contributed by atoms with Gasteiger partial charge in [-0.25, -0.2) is 4.79 Å². The van der Waals surface area contributed by atoms with E-state index in [-0.39, 0.29) is 6.42 Å². The molecular weight excluding hydrogens is 308 g/mol. The van der Waals surface area contributed by atoms with Crippen LogP contribution in [0.1, 0.15) is 11.3 Å². The van der Waals surface area contributed by atoms with Gasteiger partial charge in [0.2, 0.25) is 5.91 Å². The van der Waals surface area contributed by atoms with Crippen LogP contribution in [0.2, 0.25) is 0 Å². The predicted molar refractivity (Wildman–Crippen MR) is 89.3 cm³/mol. The molecule has 0 saturated heterocycles. The third-order valence-electron chi connectivity index (χ3n) is 3.66. The van der Waals surface area contributed by atoms with Crippen molar-refractivity contribution in [2.24, 2.45) is 0 Å². The lowest BCUT2D eigenvalue weighted by molar-refractivity contribution is -0.141. The molecule has 122 valence electrons. The average Bonchev–Trinajstić information content (AvgIpc) is 3.22. The van der Waals surface area contributed by atoms with Gasteiger partial charge in [0.1, 0.15) is 11.8 Å². The molecule has 6 heteroatoms. The van der Waals surface area contributed by atoms with E-state index in [0.29, 0.717) is 5.76 Å². The van der Waals surface area contributed by atoms with Gasteiger partial charge in [-0.05, 0) is 29.8 Å². The van der Waals surface area contributed by atoms with Gasteiger partial charge in [-0.2, -0.15) is 0 Å². The first kappa shape index (κ1) is 15.6. The Morgan fingerprint density at radius 2 is 2.08 bits per heavy atom. The van der Waals surface area contributed by atoms with Gasteiger partial charge in [0.05, 0.1) is 6.26 Å². The molecule has 1 aromatic carbocycles. The fourth-order valence-corrected chi connectivity index (χ4v) is 2.48. The number of benzene rings is 1. The fraction of sp³-hybridized carbons (Fsp3) is 0.111. The summed E-state index contributed by atoms with van der Waals surface area (Å²) in [4.78, 5) is 26.5. The number of hydrogen-bond acceptors (Lipinski definition) is 3. The number of aromatic nitrogens is 1. The predicted octanol–water partition coefficient (Wildman–Crippen LogP) is 2.59. The Bertz CT molecular complexity index is 877. The van der Waals surface area contributed by atoms with E-state index in [0.717, 1.165) is 16.5 Å². The molecule has 2 heterocycles. The Morgan fingerprint density at radius 1 is 1.25 bits per heavy atom. The topological polar surface area (TPSA) is 95.3 Å². The first-order valence-electron chi connectivity index (χ1n) is 7.43. The van der Waals surface area contributed by atoms with Crippen LogP contribution < -0.4 is 5.32 Å². The number of carbonyl (C=O) groups is 2. The first-order valence-corrected chi connectivity index (χ1v) is 7.43. The van der Waals surface area contributed by atoms with Crippen molar-refractivity contribution < 1.29 is 19.1 Å². The lowest BCUT2D eigenvalue weighted by atomic mass is 10.0. The van der Waals surface area contributed by atoms with Gasteiger partial charge in [-0.1, -0.05) is 18.2 Å². The number of rotatable bonds is 6. The number of carboxylic acid groups (broad SMARTS) is 1. The van der Waals surface area contributed by atoms with Crippen molar-refractivity contribution >= 4 is 28.9 Å². The molecule has 2 aromatic heterocycles. The summed E-state index contributed by atoms with van der Waals surface area (Å²) in [6, 6.07) is 10.0. The number of furan rings is 1. The highest BCUT2D eigenvalue weighted by Crippen LogP contribution is 2.19. The van der Waals surface area contributed by atoms with Crippen molar-refractivity contribution in [3.63, 3.8) is 0 Å². The van der Waals surface area contributed by atoms with Gasteiger partial charge in [-0.3, -0.25) is 4.79 Å². The van der Waals surface area contributed by atoms with Crippen LogP contribution in [0.3, 0.4) is 0 Å². The Labute approximate surface area is 137 Å². The minimum absolute atomic E-state index is 0.194. The first-order chi connectivity index (χ1) is 11.6. The molecule has 3 N–H and O–H groups in total. The van der Waals surface area contributed by atoms with Crippen molar-refractivity contribution in [1.82, 2.24) is 10.3 Å². The van der Waals surface area contributed by atoms with Crippen LogP contribution in [0.4, 0.5) is 0 Å². The highest BCUT2D eigenvalue weighted by atomic mass is 16.4. The normalized spacial score (nSPS) is 12.5. The summed E-state index contributed by atoms with van der Waals surface area (Å²) < 4.78 is 5.08. The third kappa shape index (κ3) is 3.55. The molecule has 0 aliphatic carbocycles. The van der Waals surface area contributed by atoms with Crippen LogP contribution in [0.5, 0.6) is 0 Å². The number of para-hydroxylation sites is 1. The number of hydrogen-bond donors (Lipinski definition) is 3. The summed E-state index contributed by atoms with van der Waals surface area (Å²) in [5.41, 5.74) is 1.77. The summed E-state index contributed by atoms with van der Waals surface area (Å²) in [5, 5.41) is 12.8. The zero-order chi connectivity index (χ0) is 16.9. The Morgan fingerprint density at radius 3 is 2.83 bits per heavy atom. The Kier molecular flexibility index (Phi) is 4.47. The maximum Gasteiger partial charge on any atom is 0.326 e. The molecule has 0 saturated carbocycles. The number of carbonyl (C=O) groups excluding carboxylic acids is 1. The van der Waals surface area contributed by atoms with E-state index in [2.05, 4.69) is 10.3 Å². The Hall–Kier alpha value is -3.28. The molecule has 0 spiro atoms. The van der Waals surface area contributed by atoms with Crippen molar-refractivity contribution in [3.05, 3.63) is 66.3 Å². The number of amides is 1. The second-order valence-electron chi connectivity index (χ2n) is 5.31. The lowest BCUT2D eigenvalue weighted by Crippen LogP contribution is -2.41. The molecule has 0 unspecified atom stereocenters. The smallest absolute Gasteiger partial charge is 0.326 e. The minimum Gasteiger partial charge on any atom is -0.480 e. The number of nitrogens with one attached hydrogen (secondary N) is 2. The van der Waals surface area contributed by atoms with Crippen LogP contribution in [0.15, 0.2) is 59.4 Å². The maximum atomic E-state index is 11.9. The van der Waals surface area contributed by atoms with Crippen LogP contribution in [-0.4, -0.2) is 28.0 Å². The van der Waals surface area contributed by atoms with Crippen molar-refractivity contribution in [2.45, 2.75) is 12.5 Å². The summed E-state index contributed by atoms with van der Waals surface area (Å²) in [7, 11) is 0. The zero-order valence-corrected chi connectivity index (χ0v) is 12.7. The van der Waals surface area contributed by atoms with E-state index in [1.165, 1.54) is 18.4 Å². The van der Waals surface area contributed by atoms with Gasteiger partial charge < -0.3 is 19.8 Å². The van der Waals surface area contributed by atoms with Crippen LogP contribution in [-0.2, 0) is 16.0 Å². The number of carboxylic acids is 1. The van der Waals surface area contributed by atoms with Crippen LogP contribution >= 0.6 is 0 Å². The molecule has 3 rings (SSSR count). The van der Waals surface area contributed by atoms with Gasteiger partial charge in [0.15, 0.2) is 0 Å².